The number of carbonyl (C=O) groups is 1. The second-order valence-electron chi connectivity index (χ2n) is 9.16. The Morgan fingerprint density at radius 1 is 0.824 bits per heavy atom. The van der Waals surface area contributed by atoms with E-state index in [1.54, 1.807) is 36.4 Å². The van der Waals surface area contributed by atoms with Crippen LogP contribution in [0.2, 0.25) is 0 Å². The van der Waals surface area contributed by atoms with E-state index in [2.05, 4.69) is 5.32 Å². The van der Waals surface area contributed by atoms with Crippen LogP contribution in [0.25, 0.3) is 0 Å². The van der Waals surface area contributed by atoms with Crippen LogP contribution in [0.4, 0.5) is 16.2 Å². The summed E-state index contributed by atoms with van der Waals surface area (Å²) in [6.45, 7) is 11.4. The number of nitrogens with one attached hydrogen (secondary N) is 1. The Bertz CT molecular complexity index is 1250. The standard InChI is InChI=1S/C27H32N2O4S/c1-17(2)24-15-22(16-25(18(3)4)26(24)30)29(27(31)28-21-11-7-19(5)8-12-21)34(32,33)23-13-9-20(6)10-14-23/h7-18,30H,1-6H3,(H,28,31). The molecule has 0 heterocycles. The van der Waals surface area contributed by atoms with E-state index in [1.165, 1.54) is 12.1 Å². The van der Waals surface area contributed by atoms with Crippen LogP contribution in [0.5, 0.6) is 5.75 Å². The largest absolute Gasteiger partial charge is 0.507 e. The van der Waals surface area contributed by atoms with Gasteiger partial charge in [-0.3, -0.25) is 0 Å². The molecule has 0 fully saturated rings. The number of urea groups is 1. The number of sulfonamides is 1. The molecule has 0 spiro atoms. The minimum Gasteiger partial charge on any atom is -0.507 e. The van der Waals surface area contributed by atoms with Gasteiger partial charge < -0.3 is 10.4 Å². The van der Waals surface area contributed by atoms with Crippen LogP contribution in [0.1, 0.15) is 61.8 Å². The van der Waals surface area contributed by atoms with Gasteiger partial charge in [-0.1, -0.05) is 63.1 Å². The molecule has 6 nitrogen and oxygen atoms in total. The monoisotopic (exact) mass is 480 g/mol. The van der Waals surface area contributed by atoms with Gasteiger partial charge in [-0.25, -0.2) is 13.2 Å². The van der Waals surface area contributed by atoms with Crippen molar-refractivity contribution in [2.75, 3.05) is 9.62 Å². The molecule has 0 unspecified atom stereocenters. The molecule has 34 heavy (non-hydrogen) atoms. The van der Waals surface area contributed by atoms with Gasteiger partial charge in [-0.05, 0) is 73.2 Å². The number of benzene rings is 3. The molecule has 0 aliphatic carbocycles. The normalized spacial score (nSPS) is 11.6. The molecular formula is C27H32N2O4S. The first kappa shape index (κ1) is 25.3. The Balaban J connectivity index is 2.21. The number of anilines is 2. The molecule has 3 rings (SSSR count). The third kappa shape index (κ3) is 5.25. The number of rotatable bonds is 6. The van der Waals surface area contributed by atoms with Crippen molar-refractivity contribution in [1.29, 1.82) is 0 Å². The van der Waals surface area contributed by atoms with E-state index in [4.69, 9.17) is 0 Å². The molecule has 2 N–H and O–H groups in total. The van der Waals surface area contributed by atoms with E-state index in [0.29, 0.717) is 16.8 Å². The zero-order chi connectivity index (χ0) is 25.2. The summed E-state index contributed by atoms with van der Waals surface area (Å²) in [5, 5.41) is 13.5. The number of hydrogen-bond donors (Lipinski definition) is 2. The summed E-state index contributed by atoms with van der Waals surface area (Å²) in [6.07, 6.45) is 0. The number of phenolic OH excluding ortho intramolecular Hbond substituents is 1. The Morgan fingerprint density at radius 3 is 1.71 bits per heavy atom. The highest BCUT2D eigenvalue weighted by Gasteiger charge is 2.33. The molecule has 0 aromatic heterocycles. The molecule has 2 amide bonds. The number of carbonyl (C=O) groups excluding carboxylic acids is 1. The summed E-state index contributed by atoms with van der Waals surface area (Å²) >= 11 is 0. The van der Waals surface area contributed by atoms with Crippen molar-refractivity contribution >= 4 is 27.4 Å². The molecule has 0 saturated carbocycles. The van der Waals surface area contributed by atoms with E-state index in [-0.39, 0.29) is 28.2 Å². The number of aromatic hydroxyl groups is 1. The summed E-state index contributed by atoms with van der Waals surface area (Å²) < 4.78 is 28.3. The zero-order valence-corrected chi connectivity index (χ0v) is 21.3. The third-order valence-electron chi connectivity index (χ3n) is 5.68. The van der Waals surface area contributed by atoms with Crippen molar-refractivity contribution in [2.24, 2.45) is 0 Å². The van der Waals surface area contributed by atoms with E-state index < -0.39 is 16.1 Å². The molecule has 0 radical (unpaired) electrons. The first-order valence-corrected chi connectivity index (χ1v) is 12.7. The van der Waals surface area contributed by atoms with Crippen LogP contribution in [-0.2, 0) is 10.0 Å². The molecule has 0 aliphatic heterocycles. The SMILES string of the molecule is Cc1ccc(NC(=O)N(c2cc(C(C)C)c(O)c(C(C)C)c2)S(=O)(=O)c2ccc(C)cc2)cc1. The van der Waals surface area contributed by atoms with Gasteiger partial charge in [-0.2, -0.15) is 4.31 Å². The molecule has 3 aromatic rings. The second-order valence-corrected chi connectivity index (χ2v) is 10.9. The van der Waals surface area contributed by atoms with Crippen molar-refractivity contribution < 1.29 is 18.3 Å². The fourth-order valence-corrected chi connectivity index (χ4v) is 4.99. The van der Waals surface area contributed by atoms with Crippen molar-refractivity contribution in [2.45, 2.75) is 58.3 Å². The summed E-state index contributed by atoms with van der Waals surface area (Å²) in [6, 6.07) is 15.8. The van der Waals surface area contributed by atoms with Crippen molar-refractivity contribution in [1.82, 2.24) is 0 Å². The van der Waals surface area contributed by atoms with Gasteiger partial charge in [0.1, 0.15) is 5.75 Å². The average molecular weight is 481 g/mol. The first-order chi connectivity index (χ1) is 15.9. The molecular weight excluding hydrogens is 448 g/mol. The maximum atomic E-state index is 13.8. The van der Waals surface area contributed by atoms with Crippen molar-refractivity contribution in [3.8, 4) is 5.75 Å². The van der Waals surface area contributed by atoms with Gasteiger partial charge in [-0.15, -0.1) is 0 Å². The minimum atomic E-state index is -4.26. The van der Waals surface area contributed by atoms with Gasteiger partial charge in [0.2, 0.25) is 0 Å². The minimum absolute atomic E-state index is 0.00225. The van der Waals surface area contributed by atoms with E-state index in [9.17, 15) is 18.3 Å². The number of hydrogen-bond acceptors (Lipinski definition) is 4. The Kier molecular flexibility index (Phi) is 7.36. The lowest BCUT2D eigenvalue weighted by Gasteiger charge is -2.26. The number of amides is 2. The quantitative estimate of drug-likeness (QED) is 0.412. The van der Waals surface area contributed by atoms with Gasteiger partial charge >= 0.3 is 6.03 Å². The first-order valence-electron chi connectivity index (χ1n) is 11.3. The second kappa shape index (κ2) is 9.89. The fraction of sp³-hybridized carbons (Fsp3) is 0.296. The zero-order valence-electron chi connectivity index (χ0n) is 20.5. The molecule has 0 bridgehead atoms. The molecule has 0 aliphatic rings. The fourth-order valence-electron chi connectivity index (χ4n) is 3.65. The maximum Gasteiger partial charge on any atom is 0.340 e. The van der Waals surface area contributed by atoms with Crippen LogP contribution in [0.15, 0.2) is 65.6 Å². The Morgan fingerprint density at radius 2 is 1.26 bits per heavy atom. The maximum absolute atomic E-state index is 13.8. The number of phenols is 1. The van der Waals surface area contributed by atoms with Crippen LogP contribution in [0.3, 0.4) is 0 Å². The molecule has 0 saturated heterocycles. The lowest BCUT2D eigenvalue weighted by Crippen LogP contribution is -2.40. The lowest BCUT2D eigenvalue weighted by molar-refractivity contribution is 0.259. The van der Waals surface area contributed by atoms with Gasteiger partial charge in [0, 0.05) is 5.69 Å². The summed E-state index contributed by atoms with van der Waals surface area (Å²) in [5.41, 5.74) is 3.73. The van der Waals surface area contributed by atoms with Crippen LogP contribution in [-0.4, -0.2) is 19.6 Å². The molecule has 180 valence electrons. The summed E-state index contributed by atoms with van der Waals surface area (Å²) in [7, 11) is -4.26. The van der Waals surface area contributed by atoms with Gasteiger partial charge in [0.15, 0.2) is 0 Å². The van der Waals surface area contributed by atoms with Crippen molar-refractivity contribution in [3.05, 3.63) is 82.9 Å². The van der Waals surface area contributed by atoms with Gasteiger partial charge in [0.05, 0.1) is 10.6 Å². The molecule has 7 heteroatoms. The smallest absolute Gasteiger partial charge is 0.340 e. The number of aryl methyl sites for hydroxylation is 2. The van der Waals surface area contributed by atoms with E-state index >= 15 is 0 Å². The Labute approximate surface area is 202 Å². The highest BCUT2D eigenvalue weighted by Crippen LogP contribution is 2.39. The molecule has 0 atom stereocenters. The predicted molar refractivity (Wildman–Crippen MR) is 137 cm³/mol. The highest BCUT2D eigenvalue weighted by atomic mass is 32.2. The van der Waals surface area contributed by atoms with E-state index in [0.717, 1.165) is 15.4 Å². The predicted octanol–water partition coefficient (Wildman–Crippen LogP) is 6.68. The van der Waals surface area contributed by atoms with Crippen LogP contribution < -0.4 is 9.62 Å². The van der Waals surface area contributed by atoms with E-state index in [1.807, 2.05) is 53.7 Å². The number of nitrogens with zero attached hydrogens (tertiary/aromatic N) is 1. The summed E-state index contributed by atoms with van der Waals surface area (Å²) in [4.78, 5) is 13.5. The average Bonchev–Trinajstić information content (AvgIpc) is 2.76. The van der Waals surface area contributed by atoms with Gasteiger partial charge in [0.25, 0.3) is 10.0 Å². The Hall–Kier alpha value is -3.32. The molecule has 3 aromatic carbocycles. The third-order valence-corrected chi connectivity index (χ3v) is 7.40. The lowest BCUT2D eigenvalue weighted by atomic mass is 9.93. The van der Waals surface area contributed by atoms with Crippen LogP contribution >= 0.6 is 0 Å². The highest BCUT2D eigenvalue weighted by molar-refractivity contribution is 7.93. The topological polar surface area (TPSA) is 86.7 Å². The summed E-state index contributed by atoms with van der Waals surface area (Å²) in [5.74, 6) is -0.0385. The van der Waals surface area contributed by atoms with Crippen molar-refractivity contribution in [3.63, 3.8) is 0 Å². The van der Waals surface area contributed by atoms with Crippen LogP contribution in [0, 0.1) is 13.8 Å².